The number of aromatic nitrogens is 2. The average Bonchev–Trinajstić information content (AvgIpc) is 2.79. The number of hydrogen-bond donors (Lipinski definition) is 0. The fraction of sp³-hybridized carbons (Fsp3) is 0.429. The molecule has 2 fully saturated rings. The number of amides is 2. The normalized spacial score (nSPS) is 20.6. The van der Waals surface area contributed by atoms with Crippen molar-refractivity contribution in [2.24, 2.45) is 0 Å². The SMILES string of the molecule is COc1ccc(C(=O)N2CCN([C@H]3CCCN(c4ccccc4)C3=O)CC2)nn1. The lowest BCUT2D eigenvalue weighted by Crippen LogP contribution is -2.58. The van der Waals surface area contributed by atoms with Crippen LogP contribution >= 0.6 is 0 Å². The van der Waals surface area contributed by atoms with Crippen molar-refractivity contribution < 1.29 is 14.3 Å². The number of ether oxygens (including phenoxy) is 1. The monoisotopic (exact) mass is 395 g/mol. The zero-order valence-corrected chi connectivity index (χ0v) is 16.5. The Labute approximate surface area is 170 Å². The third-order valence-corrected chi connectivity index (χ3v) is 5.59. The first-order valence-corrected chi connectivity index (χ1v) is 9.95. The highest BCUT2D eigenvalue weighted by molar-refractivity contribution is 5.98. The van der Waals surface area contributed by atoms with Crippen LogP contribution in [0.4, 0.5) is 5.69 Å². The van der Waals surface area contributed by atoms with Crippen LogP contribution in [0.1, 0.15) is 23.3 Å². The van der Waals surface area contributed by atoms with E-state index in [-0.39, 0.29) is 17.9 Å². The van der Waals surface area contributed by atoms with Crippen molar-refractivity contribution in [2.45, 2.75) is 18.9 Å². The van der Waals surface area contributed by atoms with Crippen molar-refractivity contribution in [3.8, 4) is 5.88 Å². The highest BCUT2D eigenvalue weighted by Crippen LogP contribution is 2.24. The van der Waals surface area contributed by atoms with Crippen LogP contribution in [0.25, 0.3) is 0 Å². The first kappa shape index (κ1) is 19.3. The van der Waals surface area contributed by atoms with Crippen LogP contribution in [0.3, 0.4) is 0 Å². The summed E-state index contributed by atoms with van der Waals surface area (Å²) in [6.45, 7) is 3.25. The van der Waals surface area contributed by atoms with Crippen molar-refractivity contribution in [3.05, 3.63) is 48.2 Å². The molecular weight excluding hydrogens is 370 g/mol. The number of anilines is 1. The van der Waals surface area contributed by atoms with Gasteiger partial charge in [0.2, 0.25) is 11.8 Å². The third kappa shape index (κ3) is 4.07. The van der Waals surface area contributed by atoms with E-state index in [4.69, 9.17) is 4.74 Å². The van der Waals surface area contributed by atoms with E-state index in [1.165, 1.54) is 7.11 Å². The van der Waals surface area contributed by atoms with Crippen molar-refractivity contribution in [3.63, 3.8) is 0 Å². The van der Waals surface area contributed by atoms with Crippen molar-refractivity contribution in [2.75, 3.05) is 44.7 Å². The first-order chi connectivity index (χ1) is 14.2. The minimum atomic E-state index is -0.138. The molecule has 2 saturated heterocycles. The van der Waals surface area contributed by atoms with E-state index in [2.05, 4.69) is 15.1 Å². The quantitative estimate of drug-likeness (QED) is 0.780. The van der Waals surface area contributed by atoms with Gasteiger partial charge < -0.3 is 14.5 Å². The van der Waals surface area contributed by atoms with Crippen LogP contribution in [0.15, 0.2) is 42.5 Å². The second-order valence-corrected chi connectivity index (χ2v) is 7.27. The molecule has 1 aromatic heterocycles. The van der Waals surface area contributed by atoms with Gasteiger partial charge in [0.15, 0.2) is 5.69 Å². The highest BCUT2D eigenvalue weighted by Gasteiger charge is 2.36. The third-order valence-electron chi connectivity index (χ3n) is 5.59. The summed E-state index contributed by atoms with van der Waals surface area (Å²) in [5.41, 5.74) is 1.26. The van der Waals surface area contributed by atoms with Gasteiger partial charge in [-0.2, -0.15) is 0 Å². The number of para-hydroxylation sites is 1. The summed E-state index contributed by atoms with van der Waals surface area (Å²) in [6.07, 6.45) is 1.84. The van der Waals surface area contributed by atoms with Crippen molar-refractivity contribution >= 4 is 17.5 Å². The van der Waals surface area contributed by atoms with E-state index >= 15 is 0 Å². The number of piperazine rings is 1. The first-order valence-electron chi connectivity index (χ1n) is 9.95. The maximum absolute atomic E-state index is 13.1. The van der Waals surface area contributed by atoms with E-state index in [1.807, 2.05) is 35.2 Å². The van der Waals surface area contributed by atoms with Crippen LogP contribution in [0.2, 0.25) is 0 Å². The molecular formula is C21H25N5O3. The summed E-state index contributed by atoms with van der Waals surface area (Å²) in [5, 5.41) is 7.82. The van der Waals surface area contributed by atoms with Gasteiger partial charge in [0.25, 0.3) is 5.91 Å². The van der Waals surface area contributed by atoms with Gasteiger partial charge in [-0.05, 0) is 31.0 Å². The molecule has 29 heavy (non-hydrogen) atoms. The Morgan fingerprint density at radius 2 is 1.76 bits per heavy atom. The van der Waals surface area contributed by atoms with Gasteiger partial charge in [-0.15, -0.1) is 10.2 Å². The molecule has 8 heteroatoms. The average molecular weight is 395 g/mol. The van der Waals surface area contributed by atoms with Gasteiger partial charge in [-0.1, -0.05) is 18.2 Å². The molecule has 0 spiro atoms. The smallest absolute Gasteiger partial charge is 0.274 e. The molecule has 2 aliphatic heterocycles. The van der Waals surface area contributed by atoms with Gasteiger partial charge in [0.1, 0.15) is 0 Å². The molecule has 1 atom stereocenters. The summed E-state index contributed by atoms with van der Waals surface area (Å²) in [7, 11) is 1.51. The number of benzene rings is 1. The van der Waals surface area contributed by atoms with Crippen LogP contribution in [-0.4, -0.2) is 77.7 Å². The lowest BCUT2D eigenvalue weighted by atomic mass is 10.0. The Kier molecular flexibility index (Phi) is 5.71. The largest absolute Gasteiger partial charge is 0.480 e. The zero-order valence-electron chi connectivity index (χ0n) is 16.5. The fourth-order valence-electron chi connectivity index (χ4n) is 4.00. The van der Waals surface area contributed by atoms with Gasteiger partial charge in [-0.25, -0.2) is 0 Å². The molecule has 0 radical (unpaired) electrons. The highest BCUT2D eigenvalue weighted by atomic mass is 16.5. The van der Waals surface area contributed by atoms with E-state index < -0.39 is 0 Å². The molecule has 0 aliphatic carbocycles. The summed E-state index contributed by atoms with van der Waals surface area (Å²) in [5.74, 6) is 0.397. The molecule has 3 heterocycles. The Balaban J connectivity index is 1.37. The summed E-state index contributed by atoms with van der Waals surface area (Å²) < 4.78 is 4.99. The molecule has 0 N–H and O–H groups in total. The van der Waals surface area contributed by atoms with Gasteiger partial charge in [0, 0.05) is 44.5 Å². The Bertz CT molecular complexity index is 850. The van der Waals surface area contributed by atoms with E-state index in [0.717, 1.165) is 25.1 Å². The van der Waals surface area contributed by atoms with Gasteiger partial charge >= 0.3 is 0 Å². The van der Waals surface area contributed by atoms with Gasteiger partial charge in [0.05, 0.1) is 13.2 Å². The maximum Gasteiger partial charge on any atom is 0.274 e. The van der Waals surface area contributed by atoms with Gasteiger partial charge in [-0.3, -0.25) is 14.5 Å². The molecule has 2 aromatic rings. The predicted octanol–water partition coefficient (Wildman–Crippen LogP) is 1.44. The summed E-state index contributed by atoms with van der Waals surface area (Å²) >= 11 is 0. The zero-order chi connectivity index (χ0) is 20.2. The summed E-state index contributed by atoms with van der Waals surface area (Å²) in [6, 6.07) is 13.0. The Hall–Kier alpha value is -3.00. The standard InChI is InChI=1S/C21H25N5O3/c1-29-19-10-9-17(22-23-19)20(27)25-14-12-24(13-15-25)18-8-5-11-26(21(18)28)16-6-3-2-4-7-16/h2-4,6-7,9-10,18H,5,8,11-15H2,1H3/t18-/m0/s1. The molecule has 0 saturated carbocycles. The van der Waals surface area contributed by atoms with E-state index in [1.54, 1.807) is 17.0 Å². The lowest BCUT2D eigenvalue weighted by molar-refractivity contribution is -0.126. The molecule has 2 aliphatic rings. The Morgan fingerprint density at radius 3 is 2.41 bits per heavy atom. The number of carbonyl (C=O) groups is 2. The summed E-state index contributed by atoms with van der Waals surface area (Å²) in [4.78, 5) is 31.6. The molecule has 4 rings (SSSR count). The minimum absolute atomic E-state index is 0.123. The molecule has 0 unspecified atom stereocenters. The molecule has 2 amide bonds. The number of nitrogens with zero attached hydrogens (tertiary/aromatic N) is 5. The second-order valence-electron chi connectivity index (χ2n) is 7.27. The van der Waals surface area contributed by atoms with Crippen LogP contribution < -0.4 is 9.64 Å². The molecule has 152 valence electrons. The van der Waals surface area contributed by atoms with E-state index in [9.17, 15) is 9.59 Å². The lowest BCUT2D eigenvalue weighted by Gasteiger charge is -2.42. The van der Waals surface area contributed by atoms with Crippen molar-refractivity contribution in [1.29, 1.82) is 0 Å². The maximum atomic E-state index is 13.1. The second kappa shape index (κ2) is 8.57. The van der Waals surface area contributed by atoms with E-state index in [0.29, 0.717) is 37.8 Å². The number of methoxy groups -OCH3 is 1. The molecule has 1 aromatic carbocycles. The molecule has 8 nitrogen and oxygen atoms in total. The van der Waals surface area contributed by atoms with Crippen LogP contribution in [0, 0.1) is 0 Å². The van der Waals surface area contributed by atoms with Crippen LogP contribution in [0.5, 0.6) is 5.88 Å². The molecule has 0 bridgehead atoms. The number of piperidine rings is 1. The number of hydrogen-bond acceptors (Lipinski definition) is 6. The Morgan fingerprint density at radius 1 is 1.00 bits per heavy atom. The fourth-order valence-corrected chi connectivity index (χ4v) is 4.00. The predicted molar refractivity (Wildman–Crippen MR) is 108 cm³/mol. The number of rotatable bonds is 4. The number of carbonyl (C=O) groups excluding carboxylic acids is 2. The van der Waals surface area contributed by atoms with Crippen molar-refractivity contribution in [1.82, 2.24) is 20.0 Å². The minimum Gasteiger partial charge on any atom is -0.480 e. The van der Waals surface area contributed by atoms with Crippen LogP contribution in [-0.2, 0) is 4.79 Å². The topological polar surface area (TPSA) is 78.9 Å².